The van der Waals surface area contributed by atoms with Gasteiger partial charge in [0.25, 0.3) is 5.91 Å². The number of benzene rings is 2. The molecule has 0 aliphatic carbocycles. The number of thiazole rings is 1. The number of carbonyl (C=O) groups is 2. The van der Waals surface area contributed by atoms with E-state index in [2.05, 4.69) is 15.8 Å². The van der Waals surface area contributed by atoms with E-state index in [-0.39, 0.29) is 18.2 Å². The molecule has 0 saturated heterocycles. The Labute approximate surface area is 186 Å². The molecule has 2 aromatic heterocycles. The van der Waals surface area contributed by atoms with Crippen LogP contribution in [0.5, 0.6) is 5.75 Å². The predicted octanol–water partition coefficient (Wildman–Crippen LogP) is 4.50. The maximum atomic E-state index is 12.9. The molecule has 0 spiro atoms. The number of hydrazine groups is 1. The van der Waals surface area contributed by atoms with Gasteiger partial charge in [0.15, 0.2) is 5.76 Å². The van der Waals surface area contributed by atoms with Crippen molar-refractivity contribution >= 4 is 23.2 Å². The van der Waals surface area contributed by atoms with Crippen LogP contribution in [0.2, 0.25) is 0 Å². The monoisotopic (exact) mass is 451 g/mol. The summed E-state index contributed by atoms with van der Waals surface area (Å²) >= 11 is 1.24. The highest BCUT2D eigenvalue weighted by Gasteiger charge is 2.18. The van der Waals surface area contributed by atoms with Crippen LogP contribution >= 0.6 is 11.3 Å². The first kappa shape index (κ1) is 21.3. The molecule has 9 heteroatoms. The Balaban J connectivity index is 1.32. The number of rotatable bonds is 6. The lowest BCUT2D eigenvalue weighted by Crippen LogP contribution is -2.41. The molecule has 2 aromatic carbocycles. The Morgan fingerprint density at radius 1 is 1.00 bits per heavy atom. The van der Waals surface area contributed by atoms with Gasteiger partial charge in [-0.25, -0.2) is 9.37 Å². The minimum Gasteiger partial charge on any atom is -0.486 e. The average molecular weight is 451 g/mol. The summed E-state index contributed by atoms with van der Waals surface area (Å²) in [4.78, 5) is 29.6. The van der Waals surface area contributed by atoms with E-state index in [0.717, 1.165) is 10.6 Å². The fourth-order valence-corrected chi connectivity index (χ4v) is 3.77. The summed E-state index contributed by atoms with van der Waals surface area (Å²) < 4.78 is 23.9. The molecule has 0 aliphatic heterocycles. The summed E-state index contributed by atoms with van der Waals surface area (Å²) in [6.45, 7) is 1.80. The number of aryl methyl sites for hydroxylation is 1. The number of halogens is 1. The lowest BCUT2D eigenvalue weighted by atomic mass is 10.2. The van der Waals surface area contributed by atoms with Crippen LogP contribution in [0.4, 0.5) is 4.39 Å². The highest BCUT2D eigenvalue weighted by molar-refractivity contribution is 7.17. The van der Waals surface area contributed by atoms with Gasteiger partial charge in [0.05, 0.1) is 5.69 Å². The van der Waals surface area contributed by atoms with Crippen molar-refractivity contribution in [2.75, 3.05) is 0 Å². The average Bonchev–Trinajstić information content (AvgIpc) is 3.44. The van der Waals surface area contributed by atoms with Gasteiger partial charge in [-0.15, -0.1) is 11.3 Å². The molecule has 4 rings (SSSR count). The zero-order valence-electron chi connectivity index (χ0n) is 16.9. The molecule has 0 unspecified atom stereocenters. The molecule has 0 bridgehead atoms. The van der Waals surface area contributed by atoms with Gasteiger partial charge in [-0.2, -0.15) is 0 Å². The zero-order chi connectivity index (χ0) is 22.5. The third-order valence-corrected chi connectivity index (χ3v) is 5.60. The number of hydrogen-bond donors (Lipinski definition) is 2. The van der Waals surface area contributed by atoms with Crippen molar-refractivity contribution in [2.45, 2.75) is 13.5 Å². The van der Waals surface area contributed by atoms with Gasteiger partial charge < -0.3 is 9.15 Å². The minimum atomic E-state index is -0.614. The predicted molar refractivity (Wildman–Crippen MR) is 117 cm³/mol. The van der Waals surface area contributed by atoms with E-state index >= 15 is 0 Å². The lowest BCUT2D eigenvalue weighted by Gasteiger charge is -2.05. The molecule has 0 aliphatic rings. The first-order valence-electron chi connectivity index (χ1n) is 9.60. The van der Waals surface area contributed by atoms with Crippen LogP contribution in [0, 0.1) is 12.7 Å². The highest BCUT2D eigenvalue weighted by atomic mass is 32.1. The van der Waals surface area contributed by atoms with Crippen LogP contribution in [0.25, 0.3) is 10.6 Å². The highest BCUT2D eigenvalue weighted by Crippen LogP contribution is 2.27. The Kier molecular flexibility index (Phi) is 6.27. The summed E-state index contributed by atoms with van der Waals surface area (Å²) in [5.74, 6) is -0.568. The smallest absolute Gasteiger partial charge is 0.305 e. The molecule has 0 atom stereocenters. The maximum Gasteiger partial charge on any atom is 0.305 e. The largest absolute Gasteiger partial charge is 0.486 e. The van der Waals surface area contributed by atoms with E-state index in [1.807, 2.05) is 30.3 Å². The third kappa shape index (κ3) is 5.01. The van der Waals surface area contributed by atoms with Crippen molar-refractivity contribution < 1.29 is 23.1 Å². The third-order valence-electron chi connectivity index (χ3n) is 4.39. The van der Waals surface area contributed by atoms with Crippen LogP contribution in [0.15, 0.2) is 71.1 Å². The molecule has 7 nitrogen and oxygen atoms in total. The fraction of sp³-hybridized carbons (Fsp3) is 0.0870. The Bertz CT molecular complexity index is 1240. The quantitative estimate of drug-likeness (QED) is 0.421. The van der Waals surface area contributed by atoms with Crippen LogP contribution in [-0.2, 0) is 6.61 Å². The second-order valence-corrected chi connectivity index (χ2v) is 7.72. The van der Waals surface area contributed by atoms with Gasteiger partial charge in [-0.3, -0.25) is 20.4 Å². The molecule has 0 fully saturated rings. The van der Waals surface area contributed by atoms with Crippen molar-refractivity contribution in [1.82, 2.24) is 15.8 Å². The van der Waals surface area contributed by atoms with E-state index in [4.69, 9.17) is 9.15 Å². The Hall–Kier alpha value is -3.98. The van der Waals surface area contributed by atoms with Gasteiger partial charge in [0.1, 0.15) is 33.8 Å². The summed E-state index contributed by atoms with van der Waals surface area (Å²) in [5, 5.41) is 0.719. The molecular formula is C23H18FN3O4S. The van der Waals surface area contributed by atoms with Crippen molar-refractivity contribution in [2.24, 2.45) is 0 Å². The lowest BCUT2D eigenvalue weighted by molar-refractivity contribution is 0.0830. The van der Waals surface area contributed by atoms with E-state index in [1.165, 1.54) is 41.7 Å². The van der Waals surface area contributed by atoms with E-state index in [9.17, 15) is 14.0 Å². The zero-order valence-corrected chi connectivity index (χ0v) is 17.7. The van der Waals surface area contributed by atoms with Crippen LogP contribution in [-0.4, -0.2) is 16.8 Å². The number of furan rings is 1. The summed E-state index contributed by atoms with van der Waals surface area (Å²) in [6, 6.07) is 18.1. The second-order valence-electron chi connectivity index (χ2n) is 6.72. The van der Waals surface area contributed by atoms with E-state index in [1.54, 1.807) is 13.0 Å². The molecule has 2 N–H and O–H groups in total. The Morgan fingerprint density at radius 3 is 2.47 bits per heavy atom. The van der Waals surface area contributed by atoms with Crippen molar-refractivity contribution in [3.63, 3.8) is 0 Å². The summed E-state index contributed by atoms with van der Waals surface area (Å²) in [7, 11) is 0. The number of aromatic nitrogens is 1. The summed E-state index contributed by atoms with van der Waals surface area (Å²) in [6.07, 6.45) is 0. The minimum absolute atomic E-state index is 0.00834. The van der Waals surface area contributed by atoms with Crippen molar-refractivity contribution in [3.8, 4) is 16.3 Å². The number of nitrogens with zero attached hydrogens (tertiary/aromatic N) is 1. The number of amides is 2. The van der Waals surface area contributed by atoms with Crippen LogP contribution < -0.4 is 15.6 Å². The normalized spacial score (nSPS) is 10.6. The molecular weight excluding hydrogens is 433 g/mol. The standard InChI is InChI=1S/C23H18FN3O4S/c1-14-20(32-23(25-14)15-5-3-2-4-6-15)22(29)27-26-21(28)19-12-11-18(31-19)13-30-17-9-7-16(24)8-10-17/h2-12H,13H2,1H3,(H,26,28)(H,27,29). The van der Waals surface area contributed by atoms with Gasteiger partial charge in [-0.05, 0) is 43.3 Å². The first-order chi connectivity index (χ1) is 15.5. The van der Waals surface area contributed by atoms with Gasteiger partial charge >= 0.3 is 5.91 Å². The van der Waals surface area contributed by atoms with Crippen molar-refractivity contribution in [1.29, 1.82) is 0 Å². The van der Waals surface area contributed by atoms with Gasteiger partial charge in [0.2, 0.25) is 0 Å². The van der Waals surface area contributed by atoms with Gasteiger partial charge in [-0.1, -0.05) is 30.3 Å². The first-order valence-corrected chi connectivity index (χ1v) is 10.4. The van der Waals surface area contributed by atoms with Crippen LogP contribution in [0.3, 0.4) is 0 Å². The molecule has 2 heterocycles. The number of ether oxygens (including phenoxy) is 1. The summed E-state index contributed by atoms with van der Waals surface area (Å²) in [5.41, 5.74) is 6.19. The van der Waals surface area contributed by atoms with Gasteiger partial charge in [0, 0.05) is 5.56 Å². The van der Waals surface area contributed by atoms with Crippen LogP contribution in [0.1, 0.15) is 31.7 Å². The van der Waals surface area contributed by atoms with E-state index < -0.39 is 11.8 Å². The number of nitrogens with one attached hydrogen (secondary N) is 2. The Morgan fingerprint density at radius 2 is 1.72 bits per heavy atom. The molecule has 2 amide bonds. The molecule has 0 radical (unpaired) electrons. The number of hydrogen-bond acceptors (Lipinski definition) is 6. The molecule has 4 aromatic rings. The maximum absolute atomic E-state index is 12.9. The fourth-order valence-electron chi connectivity index (χ4n) is 2.81. The number of carbonyl (C=O) groups excluding carboxylic acids is 2. The molecule has 0 saturated carbocycles. The molecule has 32 heavy (non-hydrogen) atoms. The molecule has 162 valence electrons. The van der Waals surface area contributed by atoms with Crippen molar-refractivity contribution in [3.05, 3.63) is 94.6 Å². The topological polar surface area (TPSA) is 93.5 Å². The van der Waals surface area contributed by atoms with E-state index in [0.29, 0.717) is 22.1 Å². The SMILES string of the molecule is Cc1nc(-c2ccccc2)sc1C(=O)NNC(=O)c1ccc(COc2ccc(F)cc2)o1. The second kappa shape index (κ2) is 9.44.